The molecule has 0 aliphatic rings. The number of carbonyl (C=O) groups excluding carboxylic acids is 2. The maximum atomic E-state index is 12.1. The molecule has 31 heavy (non-hydrogen) atoms. The molecule has 0 radical (unpaired) electrons. The van der Waals surface area contributed by atoms with Crippen LogP contribution in [0.4, 0.5) is 26.7 Å². The number of ether oxygens (including phenoxy) is 2. The number of carboxylic acid groups (broad SMARTS) is 1. The van der Waals surface area contributed by atoms with E-state index in [-0.39, 0.29) is 11.4 Å². The second-order valence-corrected chi connectivity index (χ2v) is 7.89. The van der Waals surface area contributed by atoms with E-state index in [0.717, 1.165) is 13.1 Å². The van der Waals surface area contributed by atoms with E-state index in [2.05, 4.69) is 5.32 Å². The highest BCUT2D eigenvalue weighted by Crippen LogP contribution is 2.35. The van der Waals surface area contributed by atoms with E-state index < -0.39 is 28.4 Å². The Morgan fingerprint density at radius 2 is 1.65 bits per heavy atom. The summed E-state index contributed by atoms with van der Waals surface area (Å²) < 4.78 is 11.0. The predicted octanol–water partition coefficient (Wildman–Crippen LogP) is 4.13. The van der Waals surface area contributed by atoms with E-state index in [1.54, 1.807) is 46.8 Å². The molecule has 0 fully saturated rings. The molecule has 0 saturated carbocycles. The lowest BCUT2D eigenvalue weighted by Gasteiger charge is -2.21. The number of hydrogen-bond acceptors (Lipinski definition) is 7. The fraction of sp³-hybridized carbons (Fsp3) is 0.333. The Morgan fingerprint density at radius 3 is 2.13 bits per heavy atom. The van der Waals surface area contributed by atoms with Gasteiger partial charge in [-0.3, -0.25) is 15.4 Å². The van der Waals surface area contributed by atoms with Crippen molar-refractivity contribution in [3.05, 3.63) is 51.6 Å². The number of nitrogens with zero attached hydrogens (tertiary/aromatic N) is 2. The van der Waals surface area contributed by atoms with Gasteiger partial charge in [-0.1, -0.05) is 0 Å². The second kappa shape index (κ2) is 8.90. The fourth-order valence-electron chi connectivity index (χ4n) is 2.81. The van der Waals surface area contributed by atoms with Crippen molar-refractivity contribution >= 4 is 29.2 Å². The third kappa shape index (κ3) is 6.08. The highest BCUT2D eigenvalue weighted by molar-refractivity contribution is 5.88. The van der Waals surface area contributed by atoms with Crippen LogP contribution in [-0.2, 0) is 4.74 Å². The van der Waals surface area contributed by atoms with Crippen LogP contribution in [-0.4, -0.2) is 29.8 Å². The molecule has 0 heterocycles. The van der Waals surface area contributed by atoms with Gasteiger partial charge in [-0.25, -0.2) is 4.79 Å². The SMILES string of the molecule is Cc1cc(Oc2ccc([N+](=O)[O-])c(N(C)C(=O)[O-])c2)cc(C)c1NC(=O)OC(C)(C)C. The van der Waals surface area contributed by atoms with Crippen molar-refractivity contribution < 1.29 is 29.1 Å². The monoisotopic (exact) mass is 430 g/mol. The molecule has 0 saturated heterocycles. The van der Waals surface area contributed by atoms with E-state index in [4.69, 9.17) is 9.47 Å². The molecular formula is C21H24N3O7-. The van der Waals surface area contributed by atoms with Crippen molar-refractivity contribution in [3.8, 4) is 11.5 Å². The first-order chi connectivity index (χ1) is 14.3. The number of rotatable bonds is 5. The van der Waals surface area contributed by atoms with E-state index in [1.165, 1.54) is 12.1 Å². The Labute approximate surface area is 179 Å². The number of nitrogens with one attached hydrogen (secondary N) is 1. The number of amides is 2. The lowest BCUT2D eigenvalue weighted by atomic mass is 10.1. The zero-order valence-electron chi connectivity index (χ0n) is 18.1. The van der Waals surface area contributed by atoms with Gasteiger partial charge in [-0.15, -0.1) is 0 Å². The van der Waals surface area contributed by atoms with Crippen LogP contribution in [0.3, 0.4) is 0 Å². The van der Waals surface area contributed by atoms with Crippen LogP contribution in [0.15, 0.2) is 30.3 Å². The summed E-state index contributed by atoms with van der Waals surface area (Å²) >= 11 is 0. The van der Waals surface area contributed by atoms with Gasteiger partial charge in [0.2, 0.25) is 0 Å². The molecule has 0 bridgehead atoms. The molecule has 0 aromatic heterocycles. The largest absolute Gasteiger partial charge is 0.530 e. The molecule has 0 atom stereocenters. The summed E-state index contributed by atoms with van der Waals surface area (Å²) in [4.78, 5) is 34.4. The van der Waals surface area contributed by atoms with Gasteiger partial charge in [-0.05, 0) is 63.9 Å². The lowest BCUT2D eigenvalue weighted by Crippen LogP contribution is -2.38. The first kappa shape index (κ1) is 23.5. The van der Waals surface area contributed by atoms with Gasteiger partial charge in [-0.2, -0.15) is 0 Å². The fourth-order valence-corrected chi connectivity index (χ4v) is 2.81. The average molecular weight is 430 g/mol. The molecule has 166 valence electrons. The van der Waals surface area contributed by atoms with E-state index in [0.29, 0.717) is 27.5 Å². The summed E-state index contributed by atoms with van der Waals surface area (Å²) in [5.41, 5.74) is 0.760. The molecule has 1 N–H and O–H groups in total. The third-order valence-electron chi connectivity index (χ3n) is 4.15. The van der Waals surface area contributed by atoms with E-state index in [9.17, 15) is 24.8 Å². The van der Waals surface area contributed by atoms with Gasteiger partial charge < -0.3 is 24.3 Å². The molecule has 2 aromatic rings. The number of benzene rings is 2. The number of hydrogen-bond donors (Lipinski definition) is 1. The second-order valence-electron chi connectivity index (χ2n) is 7.89. The van der Waals surface area contributed by atoms with Gasteiger partial charge in [0.25, 0.3) is 5.69 Å². The van der Waals surface area contributed by atoms with Crippen LogP contribution in [0.1, 0.15) is 31.9 Å². The molecule has 10 nitrogen and oxygen atoms in total. The van der Waals surface area contributed by atoms with E-state index >= 15 is 0 Å². The number of carbonyl (C=O) groups is 2. The van der Waals surface area contributed by atoms with Crippen molar-refractivity contribution in [2.24, 2.45) is 0 Å². The van der Waals surface area contributed by atoms with Crippen molar-refractivity contribution in [2.45, 2.75) is 40.2 Å². The summed E-state index contributed by atoms with van der Waals surface area (Å²) in [7, 11) is 1.15. The van der Waals surface area contributed by atoms with Crippen molar-refractivity contribution in [1.29, 1.82) is 0 Å². The summed E-state index contributed by atoms with van der Waals surface area (Å²) in [6.07, 6.45) is -2.18. The van der Waals surface area contributed by atoms with Crippen LogP contribution in [0, 0.1) is 24.0 Å². The van der Waals surface area contributed by atoms with Gasteiger partial charge in [0, 0.05) is 19.2 Å². The maximum Gasteiger partial charge on any atom is 0.412 e. The van der Waals surface area contributed by atoms with Crippen molar-refractivity contribution in [1.82, 2.24) is 0 Å². The quantitative estimate of drug-likeness (QED) is 0.557. The van der Waals surface area contributed by atoms with Crippen molar-refractivity contribution in [2.75, 3.05) is 17.3 Å². The summed E-state index contributed by atoms with van der Waals surface area (Å²) in [6.45, 7) is 8.84. The van der Waals surface area contributed by atoms with Gasteiger partial charge >= 0.3 is 6.09 Å². The molecule has 0 spiro atoms. The molecular weight excluding hydrogens is 406 g/mol. The van der Waals surface area contributed by atoms with Gasteiger partial charge in [0.15, 0.2) is 0 Å². The number of anilines is 2. The number of nitro benzene ring substituents is 1. The van der Waals surface area contributed by atoms with Crippen LogP contribution in [0.2, 0.25) is 0 Å². The predicted molar refractivity (Wildman–Crippen MR) is 113 cm³/mol. The zero-order chi connectivity index (χ0) is 23.5. The smallest absolute Gasteiger partial charge is 0.412 e. The van der Waals surface area contributed by atoms with Crippen LogP contribution >= 0.6 is 0 Å². The number of nitro groups is 1. The van der Waals surface area contributed by atoms with Crippen LogP contribution < -0.4 is 20.1 Å². The Bertz CT molecular complexity index is 1010. The van der Waals surface area contributed by atoms with Gasteiger partial charge in [0.1, 0.15) is 28.9 Å². The van der Waals surface area contributed by atoms with Crippen LogP contribution in [0.25, 0.3) is 0 Å². The standard InChI is InChI=1S/C21H25N3O7/c1-12-9-15(10-13(2)18(12)22-19(25)31-21(3,4)5)30-14-7-8-16(24(28)29)17(11-14)23(6)20(26)27/h7-11H,1-6H3,(H,22,25)(H,26,27)/p-1. The highest BCUT2D eigenvalue weighted by Gasteiger charge is 2.20. The Kier molecular flexibility index (Phi) is 6.74. The Hall–Kier alpha value is -3.82. The average Bonchev–Trinajstić information content (AvgIpc) is 2.62. The topological polar surface area (TPSA) is 134 Å². The normalized spacial score (nSPS) is 10.9. The minimum atomic E-state index is -1.59. The first-order valence-corrected chi connectivity index (χ1v) is 9.30. The molecule has 2 aromatic carbocycles. The molecule has 0 unspecified atom stereocenters. The maximum absolute atomic E-state index is 12.1. The molecule has 10 heteroatoms. The number of aryl methyl sites for hydroxylation is 2. The minimum absolute atomic E-state index is 0.181. The summed E-state index contributed by atoms with van der Waals surface area (Å²) in [6, 6.07) is 7.10. The first-order valence-electron chi connectivity index (χ1n) is 9.30. The molecule has 2 amide bonds. The molecule has 0 aliphatic carbocycles. The zero-order valence-corrected chi connectivity index (χ0v) is 18.1. The summed E-state index contributed by atoms with van der Waals surface area (Å²) in [5.74, 6) is 0.598. The van der Waals surface area contributed by atoms with Crippen LogP contribution in [0.5, 0.6) is 11.5 Å². The Balaban J connectivity index is 2.31. The lowest BCUT2D eigenvalue weighted by molar-refractivity contribution is -0.384. The minimum Gasteiger partial charge on any atom is -0.530 e. The highest BCUT2D eigenvalue weighted by atomic mass is 16.6. The molecule has 0 aliphatic heterocycles. The van der Waals surface area contributed by atoms with Crippen molar-refractivity contribution in [3.63, 3.8) is 0 Å². The summed E-state index contributed by atoms with van der Waals surface area (Å²) in [5, 5.41) is 25.1. The van der Waals surface area contributed by atoms with E-state index in [1.807, 2.05) is 0 Å². The third-order valence-corrected chi connectivity index (χ3v) is 4.15. The van der Waals surface area contributed by atoms with Gasteiger partial charge in [0.05, 0.1) is 10.6 Å². The molecule has 2 rings (SSSR count). The Morgan fingerprint density at radius 1 is 1.06 bits per heavy atom.